The molecule has 0 aromatic rings. The van der Waals surface area contributed by atoms with Crippen LogP contribution in [0.15, 0.2) is 0 Å². The summed E-state index contributed by atoms with van der Waals surface area (Å²) < 4.78 is 0. The Labute approximate surface area is 92.6 Å². The minimum atomic E-state index is 0. The Morgan fingerprint density at radius 3 is 0.500 bits per heavy atom. The number of hydrogen-bond acceptors (Lipinski definition) is 0. The topological polar surface area (TPSA) is 183 Å². The van der Waals surface area contributed by atoms with Crippen molar-refractivity contribution in [3.63, 3.8) is 0 Å². The predicted octanol–water partition coefficient (Wildman–Crippen LogP) is -4.30. The fraction of sp³-hybridized carbons (Fsp3) is 0. The zero-order valence-electron chi connectivity index (χ0n) is 4.23. The third-order valence-corrected chi connectivity index (χ3v) is 0. The monoisotopic (exact) mass is 168 g/mol. The second-order valence-corrected chi connectivity index (χ2v) is 0. The Kier molecular flexibility index (Phi) is 4940. The summed E-state index contributed by atoms with van der Waals surface area (Å²) in [5, 5.41) is 0. The Morgan fingerprint density at radius 2 is 0.500 bits per heavy atom. The number of hydrogen-bond donors (Lipinski definition) is 0. The Hall–Kier alpha value is 1.79. The molecule has 0 saturated heterocycles. The largest absolute Gasteiger partial charge is 2.00 e. The zero-order valence-corrected chi connectivity index (χ0v) is 7.85. The van der Waals surface area contributed by atoms with E-state index in [1.807, 2.05) is 0 Å². The van der Waals surface area contributed by atoms with Crippen LogP contribution in [0.2, 0.25) is 0 Å². The molecule has 0 amide bonds. The summed E-state index contributed by atoms with van der Waals surface area (Å²) >= 11 is 0. The molecule has 0 spiro atoms. The van der Waals surface area contributed by atoms with Crippen LogP contribution in [0.4, 0.5) is 0 Å². The molecule has 0 bridgehead atoms. The first-order chi connectivity index (χ1) is 0. The van der Waals surface area contributed by atoms with Crippen molar-refractivity contribution in [2.45, 2.75) is 0 Å². The molecule has 0 unspecified atom stereocenters. The van der Waals surface area contributed by atoms with Gasteiger partial charge in [-0.15, -0.1) is 0 Å². The van der Waals surface area contributed by atoms with Crippen molar-refractivity contribution < 1.29 is 32.9 Å². The second kappa shape index (κ2) is 167. The van der Waals surface area contributed by atoms with E-state index in [-0.39, 0.29) is 93.6 Å². The molecule has 0 radical (unpaired) electrons. The third-order valence-electron chi connectivity index (χ3n) is 0. The van der Waals surface area contributed by atoms with Crippen molar-refractivity contribution in [2.75, 3.05) is 0 Å². The zero-order chi connectivity index (χ0) is 0. The van der Waals surface area contributed by atoms with Gasteiger partial charge in [0.15, 0.2) is 0 Å². The minimum Gasteiger partial charge on any atom is -2.00 e. The Balaban J connectivity index is 0. The van der Waals surface area contributed by atoms with E-state index >= 15 is 0 Å². The van der Waals surface area contributed by atoms with E-state index < -0.39 is 0 Å². The summed E-state index contributed by atoms with van der Waals surface area (Å²) in [4.78, 5) is 0. The molecular formula is H8CaMgO6. The SMILES string of the molecule is O.O.O.O.[Ca+2].[Mg+2].[O-2].[O-2]. The fourth-order valence-electron chi connectivity index (χ4n) is 0. The van der Waals surface area contributed by atoms with E-state index in [1.54, 1.807) is 0 Å². The van der Waals surface area contributed by atoms with E-state index in [9.17, 15) is 0 Å². The van der Waals surface area contributed by atoms with Crippen LogP contribution in [0.3, 0.4) is 0 Å². The molecule has 8 N–H and O–H groups in total. The minimum absolute atomic E-state index is 0. The van der Waals surface area contributed by atoms with Gasteiger partial charge in [0.05, 0.1) is 0 Å². The molecule has 8 heteroatoms. The maximum absolute atomic E-state index is 0. The van der Waals surface area contributed by atoms with Crippen LogP contribution in [-0.4, -0.2) is 82.7 Å². The smallest absolute Gasteiger partial charge is 2.00 e. The molecule has 0 aliphatic heterocycles. The molecule has 0 aliphatic carbocycles. The van der Waals surface area contributed by atoms with Gasteiger partial charge in [-0.25, -0.2) is 0 Å². The number of rotatable bonds is 0. The molecule has 0 atom stereocenters. The fourth-order valence-corrected chi connectivity index (χ4v) is 0. The summed E-state index contributed by atoms with van der Waals surface area (Å²) in [6.45, 7) is 0. The summed E-state index contributed by atoms with van der Waals surface area (Å²) in [6.07, 6.45) is 0. The summed E-state index contributed by atoms with van der Waals surface area (Å²) in [5.41, 5.74) is 0. The molecular weight excluding hydrogens is 160 g/mol. The van der Waals surface area contributed by atoms with Gasteiger partial charge in [0.25, 0.3) is 0 Å². The van der Waals surface area contributed by atoms with Gasteiger partial charge in [-0.3, -0.25) is 0 Å². The molecule has 0 aromatic heterocycles. The maximum Gasteiger partial charge on any atom is 2.00 e. The van der Waals surface area contributed by atoms with E-state index in [0.717, 1.165) is 0 Å². The van der Waals surface area contributed by atoms with Crippen LogP contribution in [0.1, 0.15) is 0 Å². The van der Waals surface area contributed by atoms with E-state index in [0.29, 0.717) is 0 Å². The molecule has 48 valence electrons. The van der Waals surface area contributed by atoms with Crippen LogP contribution in [0, 0.1) is 0 Å². The van der Waals surface area contributed by atoms with E-state index in [1.165, 1.54) is 0 Å². The van der Waals surface area contributed by atoms with Crippen LogP contribution >= 0.6 is 0 Å². The van der Waals surface area contributed by atoms with Crippen LogP contribution < -0.4 is 0 Å². The van der Waals surface area contributed by atoms with Crippen molar-refractivity contribution in [3.8, 4) is 0 Å². The van der Waals surface area contributed by atoms with Gasteiger partial charge in [-0.1, -0.05) is 0 Å². The van der Waals surface area contributed by atoms with Gasteiger partial charge >= 0.3 is 60.8 Å². The van der Waals surface area contributed by atoms with Gasteiger partial charge in [-0.05, 0) is 0 Å². The quantitative estimate of drug-likeness (QED) is 0.317. The van der Waals surface area contributed by atoms with Crippen molar-refractivity contribution >= 4 is 60.8 Å². The average Bonchev–Trinajstić information content (AvgIpc) is 0. The molecule has 0 heterocycles. The van der Waals surface area contributed by atoms with Gasteiger partial charge in [-0.2, -0.15) is 0 Å². The molecule has 0 aromatic carbocycles. The summed E-state index contributed by atoms with van der Waals surface area (Å²) in [7, 11) is 0. The summed E-state index contributed by atoms with van der Waals surface area (Å²) in [5.74, 6) is 0. The molecule has 0 saturated carbocycles. The average molecular weight is 168 g/mol. The molecule has 0 fully saturated rings. The van der Waals surface area contributed by atoms with E-state index in [4.69, 9.17) is 0 Å². The Morgan fingerprint density at radius 1 is 0.500 bits per heavy atom. The van der Waals surface area contributed by atoms with Gasteiger partial charge in [0.2, 0.25) is 0 Å². The van der Waals surface area contributed by atoms with Gasteiger partial charge in [0, 0.05) is 0 Å². The van der Waals surface area contributed by atoms with Crippen molar-refractivity contribution in [1.82, 2.24) is 0 Å². The maximum atomic E-state index is 0. The molecule has 0 rings (SSSR count). The summed E-state index contributed by atoms with van der Waals surface area (Å²) in [6, 6.07) is 0. The van der Waals surface area contributed by atoms with Crippen molar-refractivity contribution in [3.05, 3.63) is 0 Å². The van der Waals surface area contributed by atoms with E-state index in [2.05, 4.69) is 0 Å². The predicted molar refractivity (Wildman–Crippen MR) is 27.3 cm³/mol. The first-order valence-electron chi connectivity index (χ1n) is 0. The standard InChI is InChI=1S/Ca.Mg.4H2O.2O/h;;4*1H2;;/q2*+2;;;;;2*-2. The van der Waals surface area contributed by atoms with Crippen molar-refractivity contribution in [2.24, 2.45) is 0 Å². The van der Waals surface area contributed by atoms with Crippen molar-refractivity contribution in [1.29, 1.82) is 0 Å². The second-order valence-electron chi connectivity index (χ2n) is 0. The van der Waals surface area contributed by atoms with Gasteiger partial charge in [0.1, 0.15) is 0 Å². The first-order valence-corrected chi connectivity index (χ1v) is 0. The van der Waals surface area contributed by atoms with Crippen LogP contribution in [0.25, 0.3) is 0 Å². The molecule has 6 nitrogen and oxygen atoms in total. The normalized spacial score (nSPS) is 0. The van der Waals surface area contributed by atoms with Crippen LogP contribution in [0.5, 0.6) is 0 Å². The third kappa shape index (κ3) is 112. The van der Waals surface area contributed by atoms with Gasteiger partial charge < -0.3 is 32.9 Å². The molecule has 8 heavy (non-hydrogen) atoms. The first kappa shape index (κ1) is 237. The molecule has 0 aliphatic rings. The Bertz CT molecular complexity index is 8.49. The van der Waals surface area contributed by atoms with Crippen LogP contribution in [-0.2, 0) is 11.0 Å².